The van der Waals surface area contributed by atoms with Crippen LogP contribution < -0.4 is 0 Å². The number of benzene rings is 1. The lowest BCUT2D eigenvalue weighted by atomic mass is 9.68. The maximum absolute atomic E-state index is 10.7. The molecule has 0 aromatic heterocycles. The molecule has 0 spiro atoms. The van der Waals surface area contributed by atoms with E-state index in [1.165, 1.54) is 6.42 Å². The van der Waals surface area contributed by atoms with Gasteiger partial charge in [-0.2, -0.15) is 0 Å². The Kier molecular flexibility index (Phi) is 3.96. The van der Waals surface area contributed by atoms with Crippen molar-refractivity contribution in [3.8, 4) is 0 Å². The van der Waals surface area contributed by atoms with Crippen LogP contribution in [0.4, 0.5) is 0 Å². The fourth-order valence-corrected chi connectivity index (χ4v) is 3.46. The van der Waals surface area contributed by atoms with Crippen molar-refractivity contribution < 1.29 is 5.11 Å². The number of halogens is 2. The van der Waals surface area contributed by atoms with E-state index in [1.807, 2.05) is 12.1 Å². The summed E-state index contributed by atoms with van der Waals surface area (Å²) < 4.78 is 0. The van der Waals surface area contributed by atoms with E-state index in [1.54, 1.807) is 6.07 Å². The Morgan fingerprint density at radius 3 is 2.50 bits per heavy atom. The molecule has 100 valence electrons. The molecule has 1 aliphatic carbocycles. The van der Waals surface area contributed by atoms with Gasteiger partial charge < -0.3 is 5.11 Å². The molecule has 1 aromatic rings. The lowest BCUT2D eigenvalue weighted by Gasteiger charge is -2.41. The summed E-state index contributed by atoms with van der Waals surface area (Å²) in [7, 11) is 0. The van der Waals surface area contributed by atoms with Crippen LogP contribution in [0, 0.1) is 5.41 Å². The number of rotatable bonds is 2. The zero-order chi connectivity index (χ0) is 13.4. The molecular weight excluding hydrogens is 267 g/mol. The number of hydrogen-bond acceptors (Lipinski definition) is 1. The van der Waals surface area contributed by atoms with E-state index < -0.39 is 5.60 Å². The van der Waals surface area contributed by atoms with Crippen LogP contribution in [-0.4, -0.2) is 10.7 Å². The predicted octanol–water partition coefficient (Wildman–Crippen LogP) is 4.87. The van der Waals surface area contributed by atoms with Crippen molar-refractivity contribution in [1.29, 1.82) is 0 Å². The second kappa shape index (κ2) is 5.03. The van der Waals surface area contributed by atoms with Crippen molar-refractivity contribution in [3.63, 3.8) is 0 Å². The van der Waals surface area contributed by atoms with Crippen LogP contribution in [0.2, 0.25) is 10.0 Å². The Bertz CT molecular complexity index is 442. The third-order valence-corrected chi connectivity index (χ3v) is 4.56. The first-order chi connectivity index (χ1) is 8.30. The monoisotopic (exact) mass is 286 g/mol. The van der Waals surface area contributed by atoms with Gasteiger partial charge in [0.05, 0.1) is 15.6 Å². The second-order valence-corrected chi connectivity index (χ2v) is 7.16. The molecule has 2 rings (SSSR count). The molecule has 3 heteroatoms. The average Bonchev–Trinajstić information content (AvgIpc) is 2.21. The fourth-order valence-electron chi connectivity index (χ4n) is 3.14. The summed E-state index contributed by atoms with van der Waals surface area (Å²) in [6.45, 7) is 4.46. The molecule has 1 saturated carbocycles. The minimum Gasteiger partial charge on any atom is -0.390 e. The van der Waals surface area contributed by atoms with Crippen LogP contribution in [0.3, 0.4) is 0 Å². The predicted molar refractivity (Wildman–Crippen MR) is 77.4 cm³/mol. The SMILES string of the molecule is CC1(C)CCCC(O)(Cc2ccc(Cl)c(Cl)c2)C1. The standard InChI is InChI=1S/C15H20Cl2O/c1-14(2)6-3-7-15(18,10-14)9-11-4-5-12(16)13(17)8-11/h4-5,8,18H,3,6-7,9-10H2,1-2H3. The number of hydrogen-bond donors (Lipinski definition) is 1. The molecule has 18 heavy (non-hydrogen) atoms. The quantitative estimate of drug-likeness (QED) is 0.823. The first kappa shape index (κ1) is 14.2. The topological polar surface area (TPSA) is 20.2 Å². The lowest BCUT2D eigenvalue weighted by Crippen LogP contribution is -2.40. The third-order valence-electron chi connectivity index (χ3n) is 3.82. The van der Waals surface area contributed by atoms with Gasteiger partial charge >= 0.3 is 0 Å². The van der Waals surface area contributed by atoms with Gasteiger partial charge in [0, 0.05) is 6.42 Å². The zero-order valence-corrected chi connectivity index (χ0v) is 12.5. The van der Waals surface area contributed by atoms with Gasteiger partial charge in [0.15, 0.2) is 0 Å². The van der Waals surface area contributed by atoms with Crippen molar-refractivity contribution in [2.24, 2.45) is 5.41 Å². The molecule has 1 atom stereocenters. The van der Waals surface area contributed by atoms with Crippen LogP contribution in [0.15, 0.2) is 18.2 Å². The zero-order valence-electron chi connectivity index (χ0n) is 11.0. The first-order valence-corrected chi connectivity index (χ1v) is 7.22. The van der Waals surface area contributed by atoms with Crippen LogP contribution in [0.5, 0.6) is 0 Å². The molecule has 0 heterocycles. The van der Waals surface area contributed by atoms with Gasteiger partial charge in [-0.15, -0.1) is 0 Å². The highest BCUT2D eigenvalue weighted by atomic mass is 35.5. The molecule has 1 N–H and O–H groups in total. The summed E-state index contributed by atoms with van der Waals surface area (Å²) >= 11 is 11.9. The first-order valence-electron chi connectivity index (χ1n) is 6.46. The van der Waals surface area contributed by atoms with Crippen molar-refractivity contribution in [2.45, 2.75) is 51.6 Å². The van der Waals surface area contributed by atoms with E-state index in [0.29, 0.717) is 16.5 Å². The second-order valence-electron chi connectivity index (χ2n) is 6.34. The maximum Gasteiger partial charge on any atom is 0.0693 e. The van der Waals surface area contributed by atoms with Gasteiger partial charge in [0.25, 0.3) is 0 Å². The fraction of sp³-hybridized carbons (Fsp3) is 0.600. The summed E-state index contributed by atoms with van der Waals surface area (Å²) in [4.78, 5) is 0. The van der Waals surface area contributed by atoms with E-state index >= 15 is 0 Å². The molecule has 0 aliphatic heterocycles. The summed E-state index contributed by atoms with van der Waals surface area (Å²) in [6.07, 6.45) is 4.66. The van der Waals surface area contributed by atoms with Gasteiger partial charge in [-0.05, 0) is 42.4 Å². The van der Waals surface area contributed by atoms with Gasteiger partial charge in [-0.25, -0.2) is 0 Å². The summed E-state index contributed by atoms with van der Waals surface area (Å²) in [5.41, 5.74) is 0.687. The minimum atomic E-state index is -0.598. The van der Waals surface area contributed by atoms with E-state index in [-0.39, 0.29) is 5.41 Å². The van der Waals surface area contributed by atoms with Crippen molar-refractivity contribution >= 4 is 23.2 Å². The molecule has 0 saturated heterocycles. The molecular formula is C15H20Cl2O. The van der Waals surface area contributed by atoms with Crippen molar-refractivity contribution in [1.82, 2.24) is 0 Å². The molecule has 1 nitrogen and oxygen atoms in total. The van der Waals surface area contributed by atoms with Crippen LogP contribution in [0.25, 0.3) is 0 Å². The lowest BCUT2D eigenvalue weighted by molar-refractivity contribution is -0.0382. The van der Waals surface area contributed by atoms with Gasteiger partial charge in [-0.3, -0.25) is 0 Å². The molecule has 0 bridgehead atoms. The molecule has 0 amide bonds. The highest BCUT2D eigenvalue weighted by Crippen LogP contribution is 2.42. The van der Waals surface area contributed by atoms with E-state index in [9.17, 15) is 5.11 Å². The maximum atomic E-state index is 10.7. The Morgan fingerprint density at radius 1 is 1.17 bits per heavy atom. The summed E-state index contributed by atoms with van der Waals surface area (Å²) in [6, 6.07) is 5.62. The highest BCUT2D eigenvalue weighted by Gasteiger charge is 2.38. The van der Waals surface area contributed by atoms with Gasteiger partial charge in [0.1, 0.15) is 0 Å². The Hall–Kier alpha value is -0.240. The van der Waals surface area contributed by atoms with Gasteiger partial charge in [0.2, 0.25) is 0 Å². The summed E-state index contributed by atoms with van der Waals surface area (Å²) in [5, 5.41) is 11.9. The minimum absolute atomic E-state index is 0.225. The van der Waals surface area contributed by atoms with E-state index in [2.05, 4.69) is 13.8 Å². The van der Waals surface area contributed by atoms with Crippen molar-refractivity contribution in [3.05, 3.63) is 33.8 Å². The largest absolute Gasteiger partial charge is 0.390 e. The molecule has 1 aliphatic rings. The van der Waals surface area contributed by atoms with Crippen LogP contribution in [-0.2, 0) is 6.42 Å². The Labute approximate surface area is 119 Å². The Balaban J connectivity index is 2.14. The van der Waals surface area contributed by atoms with E-state index in [4.69, 9.17) is 23.2 Å². The summed E-state index contributed by atoms with van der Waals surface area (Å²) in [5.74, 6) is 0. The normalized spacial score (nSPS) is 27.2. The molecule has 0 radical (unpaired) electrons. The highest BCUT2D eigenvalue weighted by molar-refractivity contribution is 6.42. The van der Waals surface area contributed by atoms with E-state index in [0.717, 1.165) is 24.8 Å². The average molecular weight is 287 g/mol. The van der Waals surface area contributed by atoms with Gasteiger partial charge in [-0.1, -0.05) is 49.5 Å². The van der Waals surface area contributed by atoms with Crippen LogP contribution >= 0.6 is 23.2 Å². The Morgan fingerprint density at radius 2 is 1.89 bits per heavy atom. The molecule has 1 aromatic carbocycles. The number of aliphatic hydroxyl groups is 1. The van der Waals surface area contributed by atoms with Crippen molar-refractivity contribution in [2.75, 3.05) is 0 Å². The smallest absolute Gasteiger partial charge is 0.0693 e. The molecule has 1 unspecified atom stereocenters. The third kappa shape index (κ3) is 3.40. The molecule has 1 fully saturated rings. The van der Waals surface area contributed by atoms with Crippen LogP contribution in [0.1, 0.15) is 45.1 Å².